The van der Waals surface area contributed by atoms with Gasteiger partial charge in [0.05, 0.1) is 0 Å². The number of hydrogen-bond acceptors (Lipinski definition) is 2. The first-order chi connectivity index (χ1) is 6.11. The third-order valence-corrected chi connectivity index (χ3v) is 2.54. The Bertz CT molecular complexity index is 364. The van der Waals surface area contributed by atoms with Crippen LogP contribution in [0.4, 0.5) is 5.82 Å². The standard InChI is InChI=1S/C9H12N2O2/c1-11-7(5-2-3-5)4-6(8(11)10)9(12)13/h4-5H,2-3,10H2,1H3,(H,12,13). The van der Waals surface area contributed by atoms with Crippen LogP contribution in [0.5, 0.6) is 0 Å². The molecule has 13 heavy (non-hydrogen) atoms. The molecule has 0 aliphatic heterocycles. The van der Waals surface area contributed by atoms with Crippen molar-refractivity contribution >= 4 is 11.8 Å². The minimum Gasteiger partial charge on any atom is -0.478 e. The van der Waals surface area contributed by atoms with Gasteiger partial charge in [-0.3, -0.25) is 0 Å². The van der Waals surface area contributed by atoms with Gasteiger partial charge in [-0.05, 0) is 24.8 Å². The SMILES string of the molecule is Cn1c(C2CC2)cc(C(=O)O)c1N. The fourth-order valence-corrected chi connectivity index (χ4v) is 1.58. The number of hydrogen-bond donors (Lipinski definition) is 2. The van der Waals surface area contributed by atoms with E-state index in [1.165, 1.54) is 0 Å². The van der Waals surface area contributed by atoms with E-state index in [-0.39, 0.29) is 5.56 Å². The zero-order chi connectivity index (χ0) is 9.59. The lowest BCUT2D eigenvalue weighted by Gasteiger charge is -2.01. The summed E-state index contributed by atoms with van der Waals surface area (Å²) in [6.07, 6.45) is 2.30. The number of nitrogen functional groups attached to an aromatic ring is 1. The Balaban J connectivity index is 2.48. The Morgan fingerprint density at radius 2 is 2.31 bits per heavy atom. The predicted octanol–water partition coefficient (Wildman–Crippen LogP) is 1.18. The quantitative estimate of drug-likeness (QED) is 0.718. The van der Waals surface area contributed by atoms with E-state index in [9.17, 15) is 4.79 Å². The summed E-state index contributed by atoms with van der Waals surface area (Å²) < 4.78 is 1.78. The van der Waals surface area contributed by atoms with Gasteiger partial charge in [-0.1, -0.05) is 0 Å². The molecule has 1 heterocycles. The zero-order valence-corrected chi connectivity index (χ0v) is 7.45. The molecule has 0 saturated heterocycles. The maximum absolute atomic E-state index is 10.7. The Morgan fingerprint density at radius 3 is 2.69 bits per heavy atom. The van der Waals surface area contributed by atoms with E-state index in [1.54, 1.807) is 10.6 Å². The maximum atomic E-state index is 10.7. The van der Waals surface area contributed by atoms with E-state index in [1.807, 2.05) is 7.05 Å². The van der Waals surface area contributed by atoms with E-state index in [2.05, 4.69) is 0 Å². The van der Waals surface area contributed by atoms with Gasteiger partial charge in [-0.2, -0.15) is 0 Å². The van der Waals surface area contributed by atoms with Crippen molar-refractivity contribution < 1.29 is 9.90 Å². The molecule has 1 aliphatic rings. The highest BCUT2D eigenvalue weighted by molar-refractivity contribution is 5.93. The fourth-order valence-electron chi connectivity index (χ4n) is 1.58. The molecular weight excluding hydrogens is 168 g/mol. The first kappa shape index (κ1) is 8.16. The summed E-state index contributed by atoms with van der Waals surface area (Å²) >= 11 is 0. The highest BCUT2D eigenvalue weighted by Crippen LogP contribution is 2.41. The minimum atomic E-state index is -0.944. The summed E-state index contributed by atoms with van der Waals surface area (Å²) in [4.78, 5) is 10.7. The van der Waals surface area contributed by atoms with Crippen LogP contribution in [0.1, 0.15) is 34.8 Å². The van der Waals surface area contributed by atoms with Crippen LogP contribution in [0, 0.1) is 0 Å². The fraction of sp³-hybridized carbons (Fsp3) is 0.444. The number of aromatic carboxylic acids is 1. The number of aromatic nitrogens is 1. The lowest BCUT2D eigenvalue weighted by atomic mass is 10.2. The van der Waals surface area contributed by atoms with Crippen molar-refractivity contribution in [1.29, 1.82) is 0 Å². The minimum absolute atomic E-state index is 0.226. The summed E-state index contributed by atoms with van der Waals surface area (Å²) in [6, 6.07) is 1.69. The van der Waals surface area contributed by atoms with E-state index < -0.39 is 5.97 Å². The molecule has 3 N–H and O–H groups in total. The largest absolute Gasteiger partial charge is 0.478 e. The molecule has 70 valence electrons. The van der Waals surface area contributed by atoms with Crippen molar-refractivity contribution in [2.45, 2.75) is 18.8 Å². The van der Waals surface area contributed by atoms with Crippen LogP contribution >= 0.6 is 0 Å². The number of nitrogens with zero attached hydrogens (tertiary/aromatic N) is 1. The van der Waals surface area contributed by atoms with E-state index in [4.69, 9.17) is 10.8 Å². The normalized spacial score (nSPS) is 16.1. The molecule has 1 aromatic rings. The number of carbonyl (C=O) groups is 1. The molecule has 0 unspecified atom stereocenters. The molecular formula is C9H12N2O2. The Labute approximate surface area is 76.0 Å². The summed E-state index contributed by atoms with van der Waals surface area (Å²) in [6.45, 7) is 0. The molecule has 4 heteroatoms. The monoisotopic (exact) mass is 180 g/mol. The van der Waals surface area contributed by atoms with Crippen LogP contribution in [0.25, 0.3) is 0 Å². The van der Waals surface area contributed by atoms with Crippen molar-refractivity contribution in [3.05, 3.63) is 17.3 Å². The predicted molar refractivity (Wildman–Crippen MR) is 48.8 cm³/mol. The van der Waals surface area contributed by atoms with Gasteiger partial charge in [0.2, 0.25) is 0 Å². The highest BCUT2D eigenvalue weighted by atomic mass is 16.4. The third kappa shape index (κ3) is 1.18. The molecule has 2 rings (SSSR count). The molecule has 0 amide bonds. The molecule has 0 aromatic carbocycles. The van der Waals surface area contributed by atoms with Crippen molar-refractivity contribution in [1.82, 2.24) is 4.57 Å². The average Bonchev–Trinajstić information content (AvgIpc) is 2.83. The molecule has 0 radical (unpaired) electrons. The van der Waals surface area contributed by atoms with Crippen molar-refractivity contribution in [2.75, 3.05) is 5.73 Å². The van der Waals surface area contributed by atoms with Crippen molar-refractivity contribution in [3.8, 4) is 0 Å². The molecule has 1 saturated carbocycles. The number of anilines is 1. The Hall–Kier alpha value is -1.45. The smallest absolute Gasteiger partial charge is 0.339 e. The number of nitrogens with two attached hydrogens (primary N) is 1. The lowest BCUT2D eigenvalue weighted by molar-refractivity contribution is 0.0698. The highest BCUT2D eigenvalue weighted by Gasteiger charge is 2.29. The first-order valence-corrected chi connectivity index (χ1v) is 4.29. The van der Waals surface area contributed by atoms with E-state index >= 15 is 0 Å². The molecule has 1 fully saturated rings. The van der Waals surface area contributed by atoms with Crippen LogP contribution in [0.15, 0.2) is 6.07 Å². The molecule has 4 nitrogen and oxygen atoms in total. The summed E-state index contributed by atoms with van der Waals surface area (Å²) in [5, 5.41) is 8.81. The van der Waals surface area contributed by atoms with Crippen LogP contribution in [0.2, 0.25) is 0 Å². The molecule has 1 aliphatic carbocycles. The second kappa shape index (κ2) is 2.52. The number of carboxylic acid groups (broad SMARTS) is 1. The summed E-state index contributed by atoms with van der Waals surface area (Å²) in [7, 11) is 1.81. The van der Waals surface area contributed by atoms with Gasteiger partial charge in [0.1, 0.15) is 11.4 Å². The topological polar surface area (TPSA) is 68.2 Å². The second-order valence-corrected chi connectivity index (χ2v) is 3.51. The van der Waals surface area contributed by atoms with Crippen LogP contribution in [0.3, 0.4) is 0 Å². The molecule has 0 atom stereocenters. The molecule has 1 aromatic heterocycles. The van der Waals surface area contributed by atoms with Gasteiger partial charge in [0.15, 0.2) is 0 Å². The van der Waals surface area contributed by atoms with Crippen LogP contribution in [-0.4, -0.2) is 15.6 Å². The van der Waals surface area contributed by atoms with Gasteiger partial charge in [0, 0.05) is 12.7 Å². The number of rotatable bonds is 2. The maximum Gasteiger partial charge on any atom is 0.339 e. The summed E-state index contributed by atoms with van der Waals surface area (Å²) in [5.74, 6) is -0.0604. The van der Waals surface area contributed by atoms with E-state index in [0.29, 0.717) is 11.7 Å². The van der Waals surface area contributed by atoms with Gasteiger partial charge < -0.3 is 15.4 Å². The Morgan fingerprint density at radius 1 is 1.69 bits per heavy atom. The second-order valence-electron chi connectivity index (χ2n) is 3.51. The lowest BCUT2D eigenvalue weighted by Crippen LogP contribution is -2.03. The van der Waals surface area contributed by atoms with Crippen LogP contribution in [-0.2, 0) is 7.05 Å². The average molecular weight is 180 g/mol. The van der Waals surface area contributed by atoms with Gasteiger partial charge in [-0.25, -0.2) is 4.79 Å². The van der Waals surface area contributed by atoms with Crippen LogP contribution < -0.4 is 5.73 Å². The van der Waals surface area contributed by atoms with Crippen molar-refractivity contribution in [3.63, 3.8) is 0 Å². The molecule has 0 bridgehead atoms. The van der Waals surface area contributed by atoms with Gasteiger partial charge in [0.25, 0.3) is 0 Å². The van der Waals surface area contributed by atoms with Gasteiger partial charge in [-0.15, -0.1) is 0 Å². The first-order valence-electron chi connectivity index (χ1n) is 4.29. The number of carboxylic acids is 1. The third-order valence-electron chi connectivity index (χ3n) is 2.54. The molecule has 0 spiro atoms. The zero-order valence-electron chi connectivity index (χ0n) is 7.45. The van der Waals surface area contributed by atoms with Gasteiger partial charge >= 0.3 is 5.97 Å². The Kier molecular flexibility index (Phi) is 1.58. The van der Waals surface area contributed by atoms with Crippen molar-refractivity contribution in [2.24, 2.45) is 7.05 Å². The summed E-state index contributed by atoms with van der Waals surface area (Å²) in [5.41, 5.74) is 6.93. The van der Waals surface area contributed by atoms with E-state index in [0.717, 1.165) is 18.5 Å².